The fourth-order valence-electron chi connectivity index (χ4n) is 1.85. The summed E-state index contributed by atoms with van der Waals surface area (Å²) < 4.78 is 13.7. The summed E-state index contributed by atoms with van der Waals surface area (Å²) in [6.45, 7) is 0.0723. The molecule has 0 spiro atoms. The Morgan fingerprint density at radius 1 is 1.29 bits per heavy atom. The average molecular weight is 290 g/mol. The van der Waals surface area contributed by atoms with Crippen molar-refractivity contribution in [3.8, 4) is 0 Å². The minimum atomic E-state index is -1.25. The number of halogens is 1. The maximum absolute atomic E-state index is 13.7. The van der Waals surface area contributed by atoms with Crippen LogP contribution in [-0.2, 0) is 6.54 Å². The Morgan fingerprint density at radius 2 is 2.00 bits per heavy atom. The number of para-hydroxylation sites is 1. The van der Waals surface area contributed by atoms with Gasteiger partial charge in [-0.2, -0.15) is 0 Å². The van der Waals surface area contributed by atoms with E-state index < -0.39 is 16.7 Å². The molecule has 0 fully saturated rings. The maximum atomic E-state index is 13.7. The average Bonchev–Trinajstić information content (AvgIpc) is 2.46. The largest absolute Gasteiger partial charge is 0.478 e. The Balaban J connectivity index is 2.22. The van der Waals surface area contributed by atoms with Gasteiger partial charge in [0, 0.05) is 18.7 Å². The smallest absolute Gasteiger partial charge is 0.337 e. The quantitative estimate of drug-likeness (QED) is 0.652. The van der Waals surface area contributed by atoms with Crippen molar-refractivity contribution in [2.75, 3.05) is 5.32 Å². The first-order valence-corrected chi connectivity index (χ1v) is 5.98. The molecule has 0 amide bonds. The lowest BCUT2D eigenvalue weighted by atomic mass is 10.1. The maximum Gasteiger partial charge on any atom is 0.337 e. The molecule has 0 bridgehead atoms. The lowest BCUT2D eigenvalue weighted by molar-refractivity contribution is -0.384. The topological polar surface area (TPSA) is 92.5 Å². The van der Waals surface area contributed by atoms with Crippen molar-refractivity contribution in [2.45, 2.75) is 6.54 Å². The summed E-state index contributed by atoms with van der Waals surface area (Å²) in [5.41, 5.74) is 0.127. The molecule has 0 aromatic heterocycles. The van der Waals surface area contributed by atoms with E-state index in [0.29, 0.717) is 5.56 Å². The number of nitrogens with one attached hydrogen (secondary N) is 1. The molecule has 2 N–H and O–H groups in total. The fourth-order valence-corrected chi connectivity index (χ4v) is 1.85. The van der Waals surface area contributed by atoms with Crippen molar-refractivity contribution in [1.29, 1.82) is 0 Å². The Kier molecular flexibility index (Phi) is 4.13. The minimum absolute atomic E-state index is 0.0723. The van der Waals surface area contributed by atoms with E-state index in [1.165, 1.54) is 30.3 Å². The molecular weight excluding hydrogens is 279 g/mol. The number of nitro groups is 1. The highest BCUT2D eigenvalue weighted by molar-refractivity contribution is 5.94. The summed E-state index contributed by atoms with van der Waals surface area (Å²) in [6.07, 6.45) is 0. The van der Waals surface area contributed by atoms with Crippen molar-refractivity contribution in [3.63, 3.8) is 0 Å². The van der Waals surface area contributed by atoms with E-state index in [4.69, 9.17) is 5.11 Å². The molecule has 0 unspecified atom stereocenters. The summed E-state index contributed by atoms with van der Waals surface area (Å²) in [4.78, 5) is 21.2. The number of hydrogen-bond donors (Lipinski definition) is 2. The molecule has 6 nitrogen and oxygen atoms in total. The highest BCUT2D eigenvalue weighted by Crippen LogP contribution is 2.21. The van der Waals surface area contributed by atoms with Crippen molar-refractivity contribution in [2.24, 2.45) is 0 Å². The van der Waals surface area contributed by atoms with Crippen molar-refractivity contribution in [1.82, 2.24) is 0 Å². The van der Waals surface area contributed by atoms with Gasteiger partial charge in [-0.05, 0) is 17.7 Å². The Bertz CT molecular complexity index is 703. The Morgan fingerprint density at radius 3 is 2.67 bits per heavy atom. The third kappa shape index (κ3) is 3.33. The highest BCUT2D eigenvalue weighted by Gasteiger charge is 2.14. The standard InChI is InChI=1S/C14H11FN2O4/c15-12-6-2-5-11(14(18)19)13(12)16-8-9-3-1-4-10(7-9)17(20)21/h1-7,16H,8H2,(H,18,19). The van der Waals surface area contributed by atoms with Gasteiger partial charge in [0.05, 0.1) is 16.2 Å². The second-order valence-corrected chi connectivity index (χ2v) is 4.25. The molecule has 0 radical (unpaired) electrons. The van der Waals surface area contributed by atoms with Gasteiger partial charge >= 0.3 is 5.97 Å². The second kappa shape index (κ2) is 6.00. The number of hydrogen-bond acceptors (Lipinski definition) is 4. The molecule has 0 aliphatic rings. The van der Waals surface area contributed by atoms with Crippen LogP contribution in [0.15, 0.2) is 42.5 Å². The van der Waals surface area contributed by atoms with Crippen LogP contribution in [0.25, 0.3) is 0 Å². The summed E-state index contributed by atoms with van der Waals surface area (Å²) >= 11 is 0. The third-order valence-corrected chi connectivity index (χ3v) is 2.83. The van der Waals surface area contributed by atoms with Crippen LogP contribution in [0.5, 0.6) is 0 Å². The number of anilines is 1. The predicted octanol–water partition coefficient (Wildman–Crippen LogP) is 3.04. The van der Waals surface area contributed by atoms with Gasteiger partial charge in [-0.25, -0.2) is 9.18 Å². The first-order valence-electron chi connectivity index (χ1n) is 5.98. The molecule has 2 aromatic carbocycles. The van der Waals surface area contributed by atoms with Gasteiger partial charge in [0.25, 0.3) is 5.69 Å². The van der Waals surface area contributed by atoms with Gasteiger partial charge in [-0.15, -0.1) is 0 Å². The van der Waals surface area contributed by atoms with Gasteiger partial charge < -0.3 is 10.4 Å². The van der Waals surface area contributed by atoms with E-state index in [9.17, 15) is 19.3 Å². The molecule has 0 heterocycles. The van der Waals surface area contributed by atoms with Crippen molar-refractivity contribution in [3.05, 3.63) is 69.5 Å². The number of carbonyl (C=O) groups is 1. The number of aromatic carboxylic acids is 1. The SMILES string of the molecule is O=C(O)c1cccc(F)c1NCc1cccc([N+](=O)[O-])c1. The van der Waals surface area contributed by atoms with Crippen molar-refractivity contribution < 1.29 is 19.2 Å². The van der Waals surface area contributed by atoms with E-state index in [-0.39, 0.29) is 23.5 Å². The minimum Gasteiger partial charge on any atom is -0.478 e. The van der Waals surface area contributed by atoms with E-state index >= 15 is 0 Å². The van der Waals surface area contributed by atoms with Crippen LogP contribution in [0.4, 0.5) is 15.8 Å². The normalized spacial score (nSPS) is 10.1. The highest BCUT2D eigenvalue weighted by atomic mass is 19.1. The van der Waals surface area contributed by atoms with Gasteiger partial charge in [0.2, 0.25) is 0 Å². The molecule has 2 aromatic rings. The van der Waals surface area contributed by atoms with Crippen LogP contribution in [0.1, 0.15) is 15.9 Å². The van der Waals surface area contributed by atoms with Gasteiger partial charge in [0.1, 0.15) is 5.82 Å². The zero-order valence-corrected chi connectivity index (χ0v) is 10.7. The monoisotopic (exact) mass is 290 g/mol. The fraction of sp³-hybridized carbons (Fsp3) is 0.0714. The molecule has 21 heavy (non-hydrogen) atoms. The molecule has 2 rings (SSSR count). The van der Waals surface area contributed by atoms with Gasteiger partial charge in [-0.1, -0.05) is 18.2 Å². The van der Waals surface area contributed by atoms with E-state index in [1.54, 1.807) is 6.07 Å². The number of non-ortho nitro benzene ring substituents is 1. The number of nitrogens with zero attached hydrogens (tertiary/aromatic N) is 1. The second-order valence-electron chi connectivity index (χ2n) is 4.25. The predicted molar refractivity (Wildman–Crippen MR) is 73.8 cm³/mol. The number of carboxylic acids is 1. The lowest BCUT2D eigenvalue weighted by Gasteiger charge is -2.10. The Labute approximate surface area is 119 Å². The van der Waals surface area contributed by atoms with Crippen molar-refractivity contribution >= 4 is 17.3 Å². The van der Waals surface area contributed by atoms with Crippen LogP contribution in [0.2, 0.25) is 0 Å². The van der Waals surface area contributed by atoms with Crippen LogP contribution in [0.3, 0.4) is 0 Å². The number of benzene rings is 2. The first-order chi connectivity index (χ1) is 9.99. The Hall–Kier alpha value is -2.96. The van der Waals surface area contributed by atoms with Crippen LogP contribution >= 0.6 is 0 Å². The van der Waals surface area contributed by atoms with Gasteiger partial charge in [-0.3, -0.25) is 10.1 Å². The number of rotatable bonds is 5. The molecule has 0 atom stereocenters. The summed E-state index contributed by atoms with van der Waals surface area (Å²) in [5, 5.41) is 22.3. The third-order valence-electron chi connectivity index (χ3n) is 2.83. The van der Waals surface area contributed by atoms with Gasteiger partial charge in [0.15, 0.2) is 0 Å². The molecule has 0 aliphatic heterocycles. The van der Waals surface area contributed by atoms with Crippen LogP contribution in [0, 0.1) is 15.9 Å². The summed E-state index contributed by atoms with van der Waals surface area (Å²) in [6, 6.07) is 9.54. The number of nitro benzene ring substituents is 1. The van der Waals surface area contributed by atoms with E-state index in [0.717, 1.165) is 6.07 Å². The lowest BCUT2D eigenvalue weighted by Crippen LogP contribution is -2.08. The molecule has 0 saturated carbocycles. The van der Waals surface area contributed by atoms with Crippen LogP contribution < -0.4 is 5.32 Å². The zero-order valence-electron chi connectivity index (χ0n) is 10.7. The van der Waals surface area contributed by atoms with E-state index in [2.05, 4.69) is 5.32 Å². The van der Waals surface area contributed by atoms with Crippen LogP contribution in [-0.4, -0.2) is 16.0 Å². The number of carboxylic acid groups (broad SMARTS) is 1. The first kappa shape index (κ1) is 14.4. The molecule has 0 aliphatic carbocycles. The molecule has 0 saturated heterocycles. The zero-order chi connectivity index (χ0) is 15.4. The molecular formula is C14H11FN2O4. The summed E-state index contributed by atoms with van der Waals surface area (Å²) in [7, 11) is 0. The molecule has 7 heteroatoms. The molecule has 108 valence electrons. The van der Waals surface area contributed by atoms with E-state index in [1.807, 2.05) is 0 Å². The summed E-state index contributed by atoms with van der Waals surface area (Å²) in [5.74, 6) is -1.95.